The zero-order valence-electron chi connectivity index (χ0n) is 15.3. The van der Waals surface area contributed by atoms with Crippen molar-refractivity contribution in [3.63, 3.8) is 0 Å². The Kier molecular flexibility index (Phi) is 4.88. The summed E-state index contributed by atoms with van der Waals surface area (Å²) in [6.45, 7) is 6.61. The van der Waals surface area contributed by atoms with Crippen LogP contribution in [0.15, 0.2) is 0 Å². The first-order chi connectivity index (χ1) is 11.6. The molecular formula is C20H33NO3. The molecule has 2 aliphatic carbocycles. The third-order valence-corrected chi connectivity index (χ3v) is 6.72. The third-order valence-electron chi connectivity index (χ3n) is 6.72. The van der Waals surface area contributed by atoms with Crippen LogP contribution in [-0.2, 0) is 14.3 Å². The fourth-order valence-corrected chi connectivity index (χ4v) is 5.75. The lowest BCUT2D eigenvalue weighted by molar-refractivity contribution is -0.152. The van der Waals surface area contributed by atoms with Crippen molar-refractivity contribution >= 4 is 5.91 Å². The van der Waals surface area contributed by atoms with Gasteiger partial charge in [-0.3, -0.25) is 4.79 Å². The fourth-order valence-electron chi connectivity index (χ4n) is 5.75. The standard InChI is InChI=1S/C20H33NO3/c1-13(2)19(24-12-18-4-3-5-23-18)20(22)21-11-16-7-14-6-15(8-16)10-17(21)9-14/h13-19H,3-12H2,1-2H3. The monoisotopic (exact) mass is 335 g/mol. The van der Waals surface area contributed by atoms with E-state index in [2.05, 4.69) is 18.7 Å². The fraction of sp³-hybridized carbons (Fsp3) is 0.950. The summed E-state index contributed by atoms with van der Waals surface area (Å²) in [6.07, 6.45) is 8.65. The van der Waals surface area contributed by atoms with Gasteiger partial charge in [-0.05, 0) is 68.6 Å². The van der Waals surface area contributed by atoms with Gasteiger partial charge in [0.05, 0.1) is 12.7 Å². The first kappa shape index (κ1) is 16.8. The number of fused-ring (bicyclic) bond motifs is 1. The topological polar surface area (TPSA) is 38.8 Å². The van der Waals surface area contributed by atoms with E-state index in [0.29, 0.717) is 12.6 Å². The van der Waals surface area contributed by atoms with Gasteiger partial charge in [0.1, 0.15) is 6.10 Å². The molecule has 0 aromatic heterocycles. The van der Waals surface area contributed by atoms with Crippen molar-refractivity contribution in [3.05, 3.63) is 0 Å². The Balaban J connectivity index is 1.43. The predicted octanol–water partition coefficient (Wildman–Crippen LogP) is 3.24. The van der Waals surface area contributed by atoms with Crippen LogP contribution in [0.1, 0.15) is 58.8 Å². The molecule has 3 heterocycles. The van der Waals surface area contributed by atoms with E-state index in [0.717, 1.165) is 43.7 Å². The van der Waals surface area contributed by atoms with Crippen molar-refractivity contribution in [3.8, 4) is 0 Å². The number of hydrogen-bond acceptors (Lipinski definition) is 3. The molecule has 4 nitrogen and oxygen atoms in total. The molecule has 4 atom stereocenters. The van der Waals surface area contributed by atoms with E-state index in [4.69, 9.17) is 9.47 Å². The second kappa shape index (κ2) is 6.95. The van der Waals surface area contributed by atoms with E-state index in [1.807, 2.05) is 0 Å². The Bertz CT molecular complexity index is 446. The maximum absolute atomic E-state index is 13.3. The van der Waals surface area contributed by atoms with Crippen molar-refractivity contribution in [1.29, 1.82) is 0 Å². The summed E-state index contributed by atoms with van der Waals surface area (Å²) in [5, 5.41) is 0. The molecule has 0 aromatic rings. The van der Waals surface area contributed by atoms with Crippen molar-refractivity contribution in [2.75, 3.05) is 19.8 Å². The van der Waals surface area contributed by atoms with E-state index < -0.39 is 0 Å². The lowest BCUT2D eigenvalue weighted by atomic mass is 9.68. The smallest absolute Gasteiger partial charge is 0.252 e. The molecule has 5 fully saturated rings. The Morgan fingerprint density at radius 3 is 2.46 bits per heavy atom. The molecule has 24 heavy (non-hydrogen) atoms. The molecule has 4 heteroatoms. The van der Waals surface area contributed by atoms with Gasteiger partial charge in [-0.1, -0.05) is 13.8 Å². The van der Waals surface area contributed by atoms with Crippen LogP contribution in [0.25, 0.3) is 0 Å². The van der Waals surface area contributed by atoms with Crippen molar-refractivity contribution < 1.29 is 14.3 Å². The van der Waals surface area contributed by atoms with Crippen LogP contribution < -0.4 is 0 Å². The zero-order valence-corrected chi connectivity index (χ0v) is 15.3. The molecule has 3 aliphatic heterocycles. The summed E-state index contributed by atoms with van der Waals surface area (Å²) in [5.74, 6) is 2.94. The maximum Gasteiger partial charge on any atom is 0.252 e. The first-order valence-corrected chi connectivity index (χ1v) is 10.1. The number of ether oxygens (including phenoxy) is 2. The number of nitrogens with zero attached hydrogens (tertiary/aromatic N) is 1. The summed E-state index contributed by atoms with van der Waals surface area (Å²) >= 11 is 0. The summed E-state index contributed by atoms with van der Waals surface area (Å²) in [6, 6.07) is 0.473. The highest BCUT2D eigenvalue weighted by atomic mass is 16.5. The molecule has 0 N–H and O–H groups in total. The minimum absolute atomic E-state index is 0.190. The van der Waals surface area contributed by atoms with Crippen LogP contribution in [-0.4, -0.2) is 48.8 Å². The van der Waals surface area contributed by atoms with Gasteiger partial charge in [0.2, 0.25) is 0 Å². The van der Waals surface area contributed by atoms with Crippen LogP contribution in [0.4, 0.5) is 0 Å². The van der Waals surface area contributed by atoms with Crippen LogP contribution in [0.5, 0.6) is 0 Å². The van der Waals surface area contributed by atoms with Gasteiger partial charge in [-0.15, -0.1) is 0 Å². The van der Waals surface area contributed by atoms with Gasteiger partial charge in [-0.25, -0.2) is 0 Å². The Labute approximate surface area is 146 Å². The quantitative estimate of drug-likeness (QED) is 0.774. The molecule has 2 saturated carbocycles. The van der Waals surface area contributed by atoms with E-state index >= 15 is 0 Å². The largest absolute Gasteiger partial charge is 0.376 e. The van der Waals surface area contributed by atoms with E-state index in [-0.39, 0.29) is 24.0 Å². The summed E-state index contributed by atoms with van der Waals surface area (Å²) < 4.78 is 11.8. The lowest BCUT2D eigenvalue weighted by Crippen LogP contribution is -2.49. The van der Waals surface area contributed by atoms with Crippen molar-refractivity contribution in [2.45, 2.75) is 77.0 Å². The number of amides is 1. The average Bonchev–Trinajstić information content (AvgIpc) is 2.97. The van der Waals surface area contributed by atoms with Crippen molar-refractivity contribution in [1.82, 2.24) is 4.90 Å². The molecule has 136 valence electrons. The molecule has 0 radical (unpaired) electrons. The maximum atomic E-state index is 13.3. The molecule has 0 aromatic carbocycles. The number of rotatable bonds is 5. The van der Waals surface area contributed by atoms with Gasteiger partial charge in [0.15, 0.2) is 0 Å². The molecule has 4 unspecified atom stereocenters. The predicted molar refractivity (Wildman–Crippen MR) is 92.6 cm³/mol. The second-order valence-electron chi connectivity index (χ2n) is 9.05. The second-order valence-corrected chi connectivity index (χ2v) is 9.05. The van der Waals surface area contributed by atoms with Gasteiger partial charge < -0.3 is 14.4 Å². The molecule has 0 spiro atoms. The molecule has 1 amide bonds. The molecule has 5 aliphatic rings. The Hall–Kier alpha value is -0.610. The van der Waals surface area contributed by atoms with E-state index in [1.165, 1.54) is 32.1 Å². The number of hydrogen-bond donors (Lipinski definition) is 0. The normalized spacial score (nSPS) is 39.5. The molecule has 3 saturated heterocycles. The highest BCUT2D eigenvalue weighted by Crippen LogP contribution is 2.47. The minimum atomic E-state index is -0.301. The number of carbonyl (C=O) groups excluding carboxylic acids is 1. The molecule has 4 bridgehead atoms. The SMILES string of the molecule is CC(C)C(OCC1CCCO1)C(=O)N1CC2CC3CC(C2)CC1C3. The van der Waals surface area contributed by atoms with E-state index in [1.54, 1.807) is 0 Å². The summed E-state index contributed by atoms with van der Waals surface area (Å²) in [7, 11) is 0. The highest BCUT2D eigenvalue weighted by Gasteiger charge is 2.45. The summed E-state index contributed by atoms with van der Waals surface area (Å²) in [5.41, 5.74) is 0. The van der Waals surface area contributed by atoms with Gasteiger partial charge in [0, 0.05) is 19.2 Å². The Morgan fingerprint density at radius 2 is 1.83 bits per heavy atom. The molecule has 5 rings (SSSR count). The molecular weight excluding hydrogens is 302 g/mol. The Morgan fingerprint density at radius 1 is 1.12 bits per heavy atom. The number of carbonyl (C=O) groups is 1. The van der Waals surface area contributed by atoms with Gasteiger partial charge in [0.25, 0.3) is 5.91 Å². The average molecular weight is 335 g/mol. The first-order valence-electron chi connectivity index (χ1n) is 10.1. The van der Waals surface area contributed by atoms with Crippen LogP contribution in [0, 0.1) is 23.7 Å². The van der Waals surface area contributed by atoms with Crippen LogP contribution in [0.2, 0.25) is 0 Å². The van der Waals surface area contributed by atoms with Gasteiger partial charge >= 0.3 is 0 Å². The third kappa shape index (κ3) is 3.37. The van der Waals surface area contributed by atoms with Crippen LogP contribution >= 0.6 is 0 Å². The van der Waals surface area contributed by atoms with Crippen LogP contribution in [0.3, 0.4) is 0 Å². The van der Waals surface area contributed by atoms with Gasteiger partial charge in [-0.2, -0.15) is 0 Å². The lowest BCUT2D eigenvalue weighted by Gasteiger charge is -2.39. The minimum Gasteiger partial charge on any atom is -0.376 e. The highest BCUT2D eigenvalue weighted by molar-refractivity contribution is 5.81. The van der Waals surface area contributed by atoms with Crippen molar-refractivity contribution in [2.24, 2.45) is 23.7 Å². The summed E-state index contributed by atoms with van der Waals surface area (Å²) in [4.78, 5) is 15.5. The van der Waals surface area contributed by atoms with E-state index in [9.17, 15) is 4.79 Å². The zero-order chi connectivity index (χ0) is 16.7.